The number of urea groups is 1. The van der Waals surface area contributed by atoms with Gasteiger partial charge in [-0.1, -0.05) is 51.1 Å². The summed E-state index contributed by atoms with van der Waals surface area (Å²) in [6.45, 7) is 7.02. The second-order valence-corrected chi connectivity index (χ2v) is 5.42. The molecule has 0 aliphatic rings. The van der Waals surface area contributed by atoms with Gasteiger partial charge in [0.2, 0.25) is 0 Å². The maximum atomic E-state index is 11.8. The number of quaternary nitrogens is 1. The van der Waals surface area contributed by atoms with E-state index >= 15 is 0 Å². The molecule has 21 heavy (non-hydrogen) atoms. The smallest absolute Gasteiger partial charge is 0.321 e. The van der Waals surface area contributed by atoms with E-state index in [9.17, 15) is 9.59 Å². The maximum Gasteiger partial charge on any atom is 0.321 e. The predicted octanol–water partition coefficient (Wildman–Crippen LogP) is 1.18. The van der Waals surface area contributed by atoms with Crippen molar-refractivity contribution >= 4 is 11.9 Å². The molecule has 0 aliphatic carbocycles. The minimum Gasteiger partial charge on any atom is -0.338 e. The van der Waals surface area contributed by atoms with Crippen LogP contribution in [0.1, 0.15) is 38.8 Å². The highest BCUT2D eigenvalue weighted by atomic mass is 16.2. The van der Waals surface area contributed by atoms with Crippen LogP contribution in [-0.2, 0) is 4.79 Å². The van der Waals surface area contributed by atoms with Crippen molar-refractivity contribution in [2.24, 2.45) is 5.92 Å². The van der Waals surface area contributed by atoms with E-state index in [2.05, 4.69) is 36.6 Å². The zero-order chi connectivity index (χ0) is 15.7. The molecule has 0 fully saturated rings. The molecule has 1 atom stereocenters. The van der Waals surface area contributed by atoms with Gasteiger partial charge in [0.25, 0.3) is 5.91 Å². The third-order valence-corrected chi connectivity index (χ3v) is 3.25. The minimum atomic E-state index is -0.420. The van der Waals surface area contributed by atoms with Gasteiger partial charge in [-0.25, -0.2) is 4.79 Å². The highest BCUT2D eigenvalue weighted by molar-refractivity contribution is 5.94. The summed E-state index contributed by atoms with van der Waals surface area (Å²) in [6.07, 6.45) is 0.844. The summed E-state index contributed by atoms with van der Waals surface area (Å²) < 4.78 is 0. The molecule has 0 saturated carbocycles. The largest absolute Gasteiger partial charge is 0.338 e. The molecule has 5 nitrogen and oxygen atoms in total. The van der Waals surface area contributed by atoms with Gasteiger partial charge in [0.15, 0.2) is 6.54 Å². The van der Waals surface area contributed by atoms with Crippen LogP contribution in [0.4, 0.5) is 4.79 Å². The van der Waals surface area contributed by atoms with Crippen LogP contribution in [0.2, 0.25) is 0 Å². The molecule has 0 bridgehead atoms. The maximum absolute atomic E-state index is 11.8. The fourth-order valence-corrected chi connectivity index (χ4v) is 2.16. The number of benzene rings is 1. The fourth-order valence-electron chi connectivity index (χ4n) is 2.16. The van der Waals surface area contributed by atoms with Crippen molar-refractivity contribution in [1.29, 1.82) is 0 Å². The van der Waals surface area contributed by atoms with Crippen molar-refractivity contribution in [3.05, 3.63) is 35.9 Å². The standard InChI is InChI=1S/C16H25N3O2/c1-4-10-17-16(21)19-14(20)11-18-15(12(2)3)13-8-6-5-7-9-13/h5-9,12,15,18H,4,10-11H2,1-3H3,(H2,17,19,20,21)/p+1/t15-/m1/s1. The average molecular weight is 292 g/mol. The van der Waals surface area contributed by atoms with Gasteiger partial charge in [-0.2, -0.15) is 0 Å². The van der Waals surface area contributed by atoms with Crippen molar-refractivity contribution < 1.29 is 14.9 Å². The summed E-state index contributed by atoms with van der Waals surface area (Å²) in [4.78, 5) is 23.2. The number of nitrogens with one attached hydrogen (secondary N) is 2. The van der Waals surface area contributed by atoms with Gasteiger partial charge in [-0.05, 0) is 6.42 Å². The molecule has 5 heteroatoms. The number of hydrogen-bond acceptors (Lipinski definition) is 2. The van der Waals surface area contributed by atoms with Crippen LogP contribution in [0.25, 0.3) is 0 Å². The van der Waals surface area contributed by atoms with E-state index in [0.717, 1.165) is 6.42 Å². The quantitative estimate of drug-likeness (QED) is 0.706. The van der Waals surface area contributed by atoms with Crippen LogP contribution >= 0.6 is 0 Å². The molecule has 0 saturated heterocycles. The Morgan fingerprint density at radius 3 is 2.43 bits per heavy atom. The Morgan fingerprint density at radius 1 is 1.19 bits per heavy atom. The third kappa shape index (κ3) is 6.40. The van der Waals surface area contributed by atoms with Gasteiger partial charge >= 0.3 is 6.03 Å². The summed E-state index contributed by atoms with van der Waals surface area (Å²) in [5, 5.41) is 6.94. The predicted molar refractivity (Wildman–Crippen MR) is 82.6 cm³/mol. The first-order valence-corrected chi connectivity index (χ1v) is 7.50. The van der Waals surface area contributed by atoms with Crippen LogP contribution < -0.4 is 16.0 Å². The van der Waals surface area contributed by atoms with Gasteiger partial charge in [0.05, 0.1) is 0 Å². The monoisotopic (exact) mass is 292 g/mol. The lowest BCUT2D eigenvalue weighted by Gasteiger charge is -2.19. The lowest BCUT2D eigenvalue weighted by atomic mass is 9.96. The number of hydrogen-bond donors (Lipinski definition) is 3. The van der Waals surface area contributed by atoms with Crippen molar-refractivity contribution in [2.45, 2.75) is 33.2 Å². The highest BCUT2D eigenvalue weighted by Crippen LogP contribution is 2.16. The Labute approximate surface area is 126 Å². The van der Waals surface area contributed by atoms with Crippen molar-refractivity contribution in [3.8, 4) is 0 Å². The lowest BCUT2D eigenvalue weighted by Crippen LogP contribution is -2.88. The van der Waals surface area contributed by atoms with Gasteiger partial charge in [-0.3, -0.25) is 10.1 Å². The molecule has 3 amide bonds. The van der Waals surface area contributed by atoms with Gasteiger partial charge in [0, 0.05) is 18.0 Å². The summed E-state index contributed by atoms with van der Waals surface area (Å²) in [5.41, 5.74) is 1.19. The molecule has 116 valence electrons. The van der Waals surface area contributed by atoms with Crippen LogP contribution in [0.15, 0.2) is 30.3 Å². The fraction of sp³-hybridized carbons (Fsp3) is 0.500. The van der Waals surface area contributed by atoms with E-state index < -0.39 is 6.03 Å². The topological polar surface area (TPSA) is 74.8 Å². The number of rotatable bonds is 7. The molecule has 0 unspecified atom stereocenters. The summed E-state index contributed by atoms with van der Waals surface area (Å²) in [5.74, 6) is 0.124. The van der Waals surface area contributed by atoms with Crippen molar-refractivity contribution in [3.63, 3.8) is 0 Å². The molecule has 0 aromatic heterocycles. The molecule has 4 N–H and O–H groups in total. The molecule has 1 aromatic rings. The normalized spacial score (nSPS) is 12.0. The molecular weight excluding hydrogens is 266 g/mol. The van der Waals surface area contributed by atoms with Crippen LogP contribution in [0.5, 0.6) is 0 Å². The molecule has 0 radical (unpaired) electrons. The summed E-state index contributed by atoms with van der Waals surface area (Å²) in [6, 6.07) is 9.88. The molecule has 0 spiro atoms. The molecule has 1 aromatic carbocycles. The zero-order valence-electron chi connectivity index (χ0n) is 13.1. The number of carbonyl (C=O) groups excluding carboxylic acids is 2. The highest BCUT2D eigenvalue weighted by Gasteiger charge is 2.20. The van der Waals surface area contributed by atoms with E-state index in [1.54, 1.807) is 0 Å². The number of amides is 3. The number of nitrogens with two attached hydrogens (primary N) is 1. The molecule has 0 aliphatic heterocycles. The Hall–Kier alpha value is -1.88. The first kappa shape index (κ1) is 17.2. The third-order valence-electron chi connectivity index (χ3n) is 3.25. The lowest BCUT2D eigenvalue weighted by molar-refractivity contribution is -0.692. The summed E-state index contributed by atoms with van der Waals surface area (Å²) in [7, 11) is 0. The van der Waals surface area contributed by atoms with E-state index in [0.29, 0.717) is 12.5 Å². The van der Waals surface area contributed by atoms with Crippen LogP contribution in [-0.4, -0.2) is 25.0 Å². The average Bonchev–Trinajstić information content (AvgIpc) is 2.46. The first-order chi connectivity index (χ1) is 10.0. The van der Waals surface area contributed by atoms with E-state index in [4.69, 9.17) is 0 Å². The minimum absolute atomic E-state index is 0.204. The van der Waals surface area contributed by atoms with E-state index in [1.807, 2.05) is 30.4 Å². The molecular formula is C16H26N3O2+. The zero-order valence-corrected chi connectivity index (χ0v) is 13.1. The molecule has 1 rings (SSSR count). The van der Waals surface area contributed by atoms with Gasteiger partial charge < -0.3 is 10.6 Å². The van der Waals surface area contributed by atoms with E-state index in [1.165, 1.54) is 5.56 Å². The van der Waals surface area contributed by atoms with Crippen molar-refractivity contribution in [2.75, 3.05) is 13.1 Å². The van der Waals surface area contributed by atoms with Crippen molar-refractivity contribution in [1.82, 2.24) is 10.6 Å². The van der Waals surface area contributed by atoms with Gasteiger partial charge in [-0.15, -0.1) is 0 Å². The Balaban J connectivity index is 2.47. The first-order valence-electron chi connectivity index (χ1n) is 7.50. The second kappa shape index (κ2) is 9.13. The SMILES string of the molecule is CCCNC(=O)NC(=O)C[NH2+][C@@H](c1ccccc1)C(C)C. The number of imide groups is 1. The van der Waals surface area contributed by atoms with E-state index in [-0.39, 0.29) is 18.5 Å². The molecule has 0 heterocycles. The van der Waals surface area contributed by atoms with Crippen LogP contribution in [0.3, 0.4) is 0 Å². The Morgan fingerprint density at radius 2 is 1.86 bits per heavy atom. The Kier molecular flexibility index (Phi) is 7.46. The second-order valence-electron chi connectivity index (χ2n) is 5.42. The number of carbonyl (C=O) groups is 2. The summed E-state index contributed by atoms with van der Waals surface area (Å²) >= 11 is 0. The van der Waals surface area contributed by atoms with Crippen LogP contribution in [0, 0.1) is 5.92 Å². The Bertz CT molecular complexity index is 446. The van der Waals surface area contributed by atoms with Gasteiger partial charge in [0.1, 0.15) is 6.04 Å².